The summed E-state index contributed by atoms with van der Waals surface area (Å²) in [4.78, 5) is 25.4. The second kappa shape index (κ2) is 6.61. The van der Waals surface area contributed by atoms with E-state index in [9.17, 15) is 10.1 Å². The van der Waals surface area contributed by atoms with Gasteiger partial charge in [-0.1, -0.05) is 0 Å². The summed E-state index contributed by atoms with van der Waals surface area (Å²) in [5.41, 5.74) is 5.88. The van der Waals surface area contributed by atoms with E-state index >= 15 is 0 Å². The van der Waals surface area contributed by atoms with Crippen molar-refractivity contribution in [3.63, 3.8) is 0 Å². The van der Waals surface area contributed by atoms with Crippen LogP contribution in [0.4, 0.5) is 16.6 Å². The number of hydrogen-bond donors (Lipinski definition) is 1. The van der Waals surface area contributed by atoms with E-state index in [1.54, 1.807) is 10.3 Å². The van der Waals surface area contributed by atoms with Crippen molar-refractivity contribution in [2.75, 3.05) is 30.3 Å². The number of nitriles is 1. The average molecular weight is 374 g/mol. The summed E-state index contributed by atoms with van der Waals surface area (Å²) >= 11 is 1.38. The number of ether oxygens (including phenoxy) is 1. The molecular formula is C17H22N6O2S. The van der Waals surface area contributed by atoms with Crippen LogP contribution in [0.1, 0.15) is 33.3 Å². The van der Waals surface area contributed by atoms with Crippen molar-refractivity contribution in [3.05, 3.63) is 10.9 Å². The highest BCUT2D eigenvalue weighted by Crippen LogP contribution is 2.34. The summed E-state index contributed by atoms with van der Waals surface area (Å²) in [5, 5.41) is 11.9. The molecule has 0 aromatic carbocycles. The lowest BCUT2D eigenvalue weighted by molar-refractivity contribution is 0.0218. The van der Waals surface area contributed by atoms with Crippen LogP contribution in [-0.2, 0) is 4.74 Å². The van der Waals surface area contributed by atoms with Crippen molar-refractivity contribution in [1.29, 1.82) is 5.26 Å². The number of amides is 1. The van der Waals surface area contributed by atoms with E-state index in [0.717, 1.165) is 5.39 Å². The quantitative estimate of drug-likeness (QED) is 0.817. The third-order valence-corrected chi connectivity index (χ3v) is 4.98. The number of nitrogens with zero attached hydrogens (tertiary/aromatic N) is 5. The molecule has 1 aliphatic rings. The van der Waals surface area contributed by atoms with Crippen LogP contribution < -0.4 is 10.6 Å². The number of thiophene rings is 1. The van der Waals surface area contributed by atoms with Gasteiger partial charge in [-0.2, -0.15) is 10.2 Å². The summed E-state index contributed by atoms with van der Waals surface area (Å²) in [6, 6.07) is 2.20. The zero-order valence-corrected chi connectivity index (χ0v) is 16.1. The van der Waals surface area contributed by atoms with Crippen molar-refractivity contribution in [2.45, 2.75) is 39.3 Å². The van der Waals surface area contributed by atoms with Crippen LogP contribution in [0.2, 0.25) is 0 Å². The van der Waals surface area contributed by atoms with Crippen LogP contribution in [0.15, 0.2) is 5.38 Å². The van der Waals surface area contributed by atoms with E-state index in [1.807, 2.05) is 27.7 Å². The highest BCUT2D eigenvalue weighted by atomic mass is 32.1. The molecule has 8 nitrogen and oxygen atoms in total. The fourth-order valence-corrected chi connectivity index (χ4v) is 3.86. The molecule has 1 amide bonds. The first-order chi connectivity index (χ1) is 12.2. The fraction of sp³-hybridized carbons (Fsp3) is 0.529. The molecule has 0 saturated carbocycles. The molecule has 0 radical (unpaired) electrons. The molecular weight excluding hydrogens is 352 g/mol. The summed E-state index contributed by atoms with van der Waals surface area (Å²) in [7, 11) is 0. The Morgan fingerprint density at radius 1 is 1.42 bits per heavy atom. The Bertz CT molecular complexity index is 882. The zero-order chi connectivity index (χ0) is 19.1. The first-order valence-electron chi connectivity index (χ1n) is 8.39. The predicted molar refractivity (Wildman–Crippen MR) is 101 cm³/mol. The van der Waals surface area contributed by atoms with Gasteiger partial charge in [-0.05, 0) is 27.7 Å². The predicted octanol–water partition coefficient (Wildman–Crippen LogP) is 2.59. The van der Waals surface area contributed by atoms with E-state index in [-0.39, 0.29) is 18.1 Å². The first-order valence-corrected chi connectivity index (χ1v) is 9.27. The van der Waals surface area contributed by atoms with Gasteiger partial charge in [0.05, 0.1) is 10.9 Å². The van der Waals surface area contributed by atoms with Crippen molar-refractivity contribution in [2.24, 2.45) is 0 Å². The number of nitrogen functional groups attached to an aromatic ring is 1. The van der Waals surface area contributed by atoms with Gasteiger partial charge in [0.15, 0.2) is 0 Å². The Hall–Kier alpha value is -2.60. The minimum Gasteiger partial charge on any atom is -0.444 e. The number of piperazine rings is 1. The normalized spacial score (nSPS) is 18.0. The van der Waals surface area contributed by atoms with Crippen LogP contribution in [0.3, 0.4) is 0 Å². The molecule has 2 aromatic rings. The van der Waals surface area contributed by atoms with Gasteiger partial charge in [0.1, 0.15) is 22.3 Å². The lowest BCUT2D eigenvalue weighted by Gasteiger charge is -2.41. The molecule has 0 bridgehead atoms. The maximum Gasteiger partial charge on any atom is 0.410 e. The van der Waals surface area contributed by atoms with Gasteiger partial charge in [-0.15, -0.1) is 11.3 Å². The van der Waals surface area contributed by atoms with E-state index in [4.69, 9.17) is 10.5 Å². The van der Waals surface area contributed by atoms with Gasteiger partial charge in [0.2, 0.25) is 5.95 Å². The molecule has 9 heteroatoms. The highest BCUT2D eigenvalue weighted by Gasteiger charge is 2.32. The third kappa shape index (κ3) is 3.51. The van der Waals surface area contributed by atoms with E-state index < -0.39 is 5.60 Å². The van der Waals surface area contributed by atoms with E-state index in [0.29, 0.717) is 35.8 Å². The van der Waals surface area contributed by atoms with Crippen molar-refractivity contribution in [1.82, 2.24) is 14.9 Å². The minimum atomic E-state index is -0.525. The van der Waals surface area contributed by atoms with E-state index in [1.165, 1.54) is 11.3 Å². The molecule has 1 saturated heterocycles. The summed E-state index contributed by atoms with van der Waals surface area (Å²) in [6.45, 7) is 9.16. The molecule has 1 fully saturated rings. The van der Waals surface area contributed by atoms with Crippen LogP contribution in [0.25, 0.3) is 10.2 Å². The monoisotopic (exact) mass is 374 g/mol. The number of fused-ring (bicyclic) bond motifs is 1. The number of hydrogen-bond acceptors (Lipinski definition) is 8. The summed E-state index contributed by atoms with van der Waals surface area (Å²) < 4.78 is 5.46. The van der Waals surface area contributed by atoms with Crippen LogP contribution >= 0.6 is 11.3 Å². The molecule has 26 heavy (non-hydrogen) atoms. The fourth-order valence-electron chi connectivity index (χ4n) is 2.99. The maximum absolute atomic E-state index is 12.3. The van der Waals surface area contributed by atoms with Crippen molar-refractivity contribution in [3.8, 4) is 6.07 Å². The summed E-state index contributed by atoms with van der Waals surface area (Å²) in [6.07, 6.45) is -0.315. The molecule has 2 N–H and O–H groups in total. The minimum absolute atomic E-state index is 0.000196. The SMILES string of the molecule is CC1CN(C(=O)OC(C)(C)C)CCN1c1nc(N)nc2scc(C#N)c12. The molecule has 3 heterocycles. The second-order valence-electron chi connectivity index (χ2n) is 7.32. The van der Waals surface area contributed by atoms with Gasteiger partial charge < -0.3 is 20.3 Å². The Balaban J connectivity index is 1.87. The Kier molecular flexibility index (Phi) is 4.63. The second-order valence-corrected chi connectivity index (χ2v) is 8.17. The smallest absolute Gasteiger partial charge is 0.410 e. The molecule has 138 valence electrons. The topological polar surface area (TPSA) is 108 Å². The number of carbonyl (C=O) groups excluding carboxylic acids is 1. The average Bonchev–Trinajstić information content (AvgIpc) is 2.95. The van der Waals surface area contributed by atoms with Crippen LogP contribution in [-0.4, -0.2) is 52.2 Å². The largest absolute Gasteiger partial charge is 0.444 e. The molecule has 0 aliphatic carbocycles. The van der Waals surface area contributed by atoms with Gasteiger partial charge in [-0.3, -0.25) is 0 Å². The van der Waals surface area contributed by atoms with E-state index in [2.05, 4.69) is 20.9 Å². The standard InChI is InChI=1S/C17H22N6O2S/c1-10-8-22(16(24)25-17(2,3)4)5-6-23(10)13-12-11(7-18)9-26-14(12)21-15(19)20-13/h9-10H,5-6,8H2,1-4H3,(H2,19,20,21). The maximum atomic E-state index is 12.3. The molecule has 1 unspecified atom stereocenters. The third-order valence-electron chi connectivity index (χ3n) is 4.10. The first kappa shape index (κ1) is 18.2. The molecule has 0 spiro atoms. The highest BCUT2D eigenvalue weighted by molar-refractivity contribution is 7.17. The van der Waals surface area contributed by atoms with Crippen molar-refractivity contribution < 1.29 is 9.53 Å². The zero-order valence-electron chi connectivity index (χ0n) is 15.3. The Morgan fingerprint density at radius 3 is 2.77 bits per heavy atom. The van der Waals surface area contributed by atoms with Gasteiger partial charge >= 0.3 is 6.09 Å². The molecule has 2 aromatic heterocycles. The van der Waals surface area contributed by atoms with Gasteiger partial charge in [0.25, 0.3) is 0 Å². The number of rotatable bonds is 1. The Labute approximate surface area is 156 Å². The number of carbonyl (C=O) groups is 1. The molecule has 1 atom stereocenters. The van der Waals surface area contributed by atoms with Crippen LogP contribution in [0, 0.1) is 11.3 Å². The van der Waals surface area contributed by atoms with Crippen LogP contribution in [0.5, 0.6) is 0 Å². The number of aromatic nitrogens is 2. The number of anilines is 2. The van der Waals surface area contributed by atoms with Gasteiger partial charge in [0, 0.05) is 31.1 Å². The van der Waals surface area contributed by atoms with Gasteiger partial charge in [-0.25, -0.2) is 9.78 Å². The lowest BCUT2D eigenvalue weighted by atomic mass is 10.1. The summed E-state index contributed by atoms with van der Waals surface area (Å²) in [5.74, 6) is 0.835. The molecule has 3 rings (SSSR count). The van der Waals surface area contributed by atoms with Crippen molar-refractivity contribution >= 4 is 39.4 Å². The Morgan fingerprint density at radius 2 is 2.15 bits per heavy atom. The lowest BCUT2D eigenvalue weighted by Crippen LogP contribution is -2.55. The molecule has 1 aliphatic heterocycles. The number of nitrogens with two attached hydrogens (primary N) is 1.